The summed E-state index contributed by atoms with van der Waals surface area (Å²) < 4.78 is 0. The number of hydrogen-bond acceptors (Lipinski definition) is 3. The molecule has 2 unspecified atom stereocenters. The number of carbonyl (C=O) groups is 1. The lowest BCUT2D eigenvalue weighted by molar-refractivity contribution is -0.108. The molecule has 0 amide bonds. The molecular weight excluding hydrogens is 142 g/mol. The van der Waals surface area contributed by atoms with Crippen LogP contribution in [0.2, 0.25) is 0 Å². The molecule has 0 rings (SSSR count). The van der Waals surface area contributed by atoms with Crippen LogP contribution in [0.4, 0.5) is 0 Å². The van der Waals surface area contributed by atoms with Crippen molar-refractivity contribution in [3.63, 3.8) is 0 Å². The van der Waals surface area contributed by atoms with Gasteiger partial charge in [0.05, 0.1) is 6.10 Å². The van der Waals surface area contributed by atoms with E-state index in [-0.39, 0.29) is 18.1 Å². The average Bonchev–Trinajstić information content (AvgIpc) is 1.86. The Morgan fingerprint density at radius 3 is 2.45 bits per heavy atom. The highest BCUT2D eigenvalue weighted by molar-refractivity contribution is 5.49. The predicted molar refractivity (Wildman–Crippen MR) is 44.1 cm³/mol. The molecule has 11 heavy (non-hydrogen) atoms. The van der Waals surface area contributed by atoms with Crippen molar-refractivity contribution >= 4 is 6.29 Å². The maximum absolute atomic E-state index is 10.1. The lowest BCUT2D eigenvalue weighted by Gasteiger charge is -2.18. The van der Waals surface area contributed by atoms with Crippen molar-refractivity contribution in [3.05, 3.63) is 0 Å². The Morgan fingerprint density at radius 1 is 1.55 bits per heavy atom. The van der Waals surface area contributed by atoms with Gasteiger partial charge in [-0.05, 0) is 19.3 Å². The van der Waals surface area contributed by atoms with E-state index in [1.165, 1.54) is 0 Å². The lowest BCUT2D eigenvalue weighted by Crippen LogP contribution is -2.31. The molecular formula is C8H17NO2. The molecule has 0 aromatic heterocycles. The van der Waals surface area contributed by atoms with Crippen LogP contribution in [0, 0.1) is 5.92 Å². The number of carbonyl (C=O) groups excluding carboxylic acids is 1. The van der Waals surface area contributed by atoms with Gasteiger partial charge >= 0.3 is 0 Å². The van der Waals surface area contributed by atoms with E-state index in [1.807, 2.05) is 6.92 Å². The first kappa shape index (κ1) is 10.6. The van der Waals surface area contributed by atoms with Crippen LogP contribution in [-0.4, -0.2) is 23.5 Å². The van der Waals surface area contributed by atoms with Crippen molar-refractivity contribution in [1.29, 1.82) is 0 Å². The molecule has 0 radical (unpaired) electrons. The van der Waals surface area contributed by atoms with E-state index in [9.17, 15) is 4.79 Å². The van der Waals surface area contributed by atoms with Crippen molar-refractivity contribution in [2.24, 2.45) is 11.7 Å². The summed E-state index contributed by atoms with van der Waals surface area (Å²) in [5.41, 5.74) is 5.69. The third-order valence-electron chi connectivity index (χ3n) is 1.81. The Bertz CT molecular complexity index is 115. The fourth-order valence-electron chi connectivity index (χ4n) is 0.953. The van der Waals surface area contributed by atoms with Gasteiger partial charge in [-0.25, -0.2) is 0 Å². The Morgan fingerprint density at radius 2 is 2.09 bits per heavy atom. The number of hydrogen-bond donors (Lipinski definition) is 2. The van der Waals surface area contributed by atoms with E-state index in [1.54, 1.807) is 6.92 Å². The molecule has 0 spiro atoms. The largest absolute Gasteiger partial charge is 0.393 e. The molecule has 0 aliphatic heterocycles. The molecule has 3 nitrogen and oxygen atoms in total. The first-order chi connectivity index (χ1) is 5.07. The van der Waals surface area contributed by atoms with E-state index in [2.05, 4.69) is 0 Å². The number of aliphatic hydroxyl groups excluding tert-OH is 1. The number of nitrogens with two attached hydrogens (primary N) is 1. The highest BCUT2D eigenvalue weighted by atomic mass is 16.3. The SMILES string of the molecule is CC(CC=O)C(N)C[C@@H](C)O. The molecule has 0 fully saturated rings. The Labute approximate surface area is 67.6 Å². The van der Waals surface area contributed by atoms with Crippen LogP contribution >= 0.6 is 0 Å². The molecule has 0 saturated carbocycles. The summed E-state index contributed by atoms with van der Waals surface area (Å²) in [6.45, 7) is 3.62. The van der Waals surface area contributed by atoms with Crippen molar-refractivity contribution in [2.75, 3.05) is 0 Å². The van der Waals surface area contributed by atoms with Gasteiger partial charge in [-0.3, -0.25) is 0 Å². The van der Waals surface area contributed by atoms with E-state index in [0.717, 1.165) is 6.29 Å². The monoisotopic (exact) mass is 159 g/mol. The summed E-state index contributed by atoms with van der Waals surface area (Å²) in [6, 6.07) is -0.0693. The van der Waals surface area contributed by atoms with Crippen molar-refractivity contribution in [3.8, 4) is 0 Å². The van der Waals surface area contributed by atoms with E-state index >= 15 is 0 Å². The minimum Gasteiger partial charge on any atom is -0.393 e. The molecule has 0 aromatic carbocycles. The molecule has 0 aliphatic rings. The highest BCUT2D eigenvalue weighted by Crippen LogP contribution is 2.09. The fraction of sp³-hybridized carbons (Fsp3) is 0.875. The first-order valence-electron chi connectivity index (χ1n) is 3.95. The van der Waals surface area contributed by atoms with Gasteiger partial charge in [0.15, 0.2) is 0 Å². The highest BCUT2D eigenvalue weighted by Gasteiger charge is 2.13. The van der Waals surface area contributed by atoms with Crippen molar-refractivity contribution in [2.45, 2.75) is 38.8 Å². The van der Waals surface area contributed by atoms with Gasteiger partial charge < -0.3 is 15.6 Å². The van der Waals surface area contributed by atoms with Crippen molar-refractivity contribution < 1.29 is 9.90 Å². The van der Waals surface area contributed by atoms with Crippen LogP contribution in [0.1, 0.15) is 26.7 Å². The smallest absolute Gasteiger partial charge is 0.120 e. The van der Waals surface area contributed by atoms with Crippen LogP contribution in [0.15, 0.2) is 0 Å². The Balaban J connectivity index is 3.62. The summed E-state index contributed by atoms with van der Waals surface area (Å²) in [5.74, 6) is 0.169. The lowest BCUT2D eigenvalue weighted by atomic mass is 9.95. The normalized spacial score (nSPS) is 18.9. The summed E-state index contributed by atoms with van der Waals surface area (Å²) in [6.07, 6.45) is 1.54. The third kappa shape index (κ3) is 4.93. The van der Waals surface area contributed by atoms with Crippen LogP contribution in [0.25, 0.3) is 0 Å². The number of rotatable bonds is 5. The molecule has 0 aromatic rings. The molecule has 3 N–H and O–H groups in total. The standard InChI is InChI=1S/C8H17NO2/c1-6(3-4-10)8(9)5-7(2)11/h4,6-8,11H,3,5,9H2,1-2H3/t6?,7-,8?/m1/s1. The van der Waals surface area contributed by atoms with Crippen molar-refractivity contribution in [1.82, 2.24) is 0 Å². The maximum atomic E-state index is 10.1. The Kier molecular flexibility index (Phi) is 5.07. The summed E-state index contributed by atoms with van der Waals surface area (Å²) in [4.78, 5) is 10.1. The molecule has 66 valence electrons. The zero-order valence-corrected chi connectivity index (χ0v) is 7.16. The summed E-state index contributed by atoms with van der Waals surface area (Å²) >= 11 is 0. The number of aliphatic hydroxyl groups is 1. The minimum absolute atomic E-state index is 0.0693. The zero-order valence-electron chi connectivity index (χ0n) is 7.16. The summed E-state index contributed by atoms with van der Waals surface area (Å²) in [7, 11) is 0. The van der Waals surface area contributed by atoms with Gasteiger partial charge in [-0.15, -0.1) is 0 Å². The average molecular weight is 159 g/mol. The van der Waals surface area contributed by atoms with Crippen LogP contribution < -0.4 is 5.73 Å². The van der Waals surface area contributed by atoms with Gasteiger partial charge in [-0.2, -0.15) is 0 Å². The molecule has 0 saturated heterocycles. The topological polar surface area (TPSA) is 63.3 Å². The summed E-state index contributed by atoms with van der Waals surface area (Å²) in [5, 5.41) is 8.97. The van der Waals surface area contributed by atoms with Gasteiger partial charge in [0.2, 0.25) is 0 Å². The molecule has 3 heteroatoms. The molecule has 3 atom stereocenters. The van der Waals surface area contributed by atoms with Gasteiger partial charge in [0, 0.05) is 12.5 Å². The molecule has 0 heterocycles. The second kappa shape index (κ2) is 5.27. The number of aldehydes is 1. The van der Waals surface area contributed by atoms with Gasteiger partial charge in [0.1, 0.15) is 6.29 Å². The quantitative estimate of drug-likeness (QED) is 0.567. The maximum Gasteiger partial charge on any atom is 0.120 e. The van der Waals surface area contributed by atoms with Crippen LogP contribution in [-0.2, 0) is 4.79 Å². The minimum atomic E-state index is -0.376. The van der Waals surface area contributed by atoms with Crippen LogP contribution in [0.3, 0.4) is 0 Å². The molecule has 0 bridgehead atoms. The van der Waals surface area contributed by atoms with E-state index < -0.39 is 0 Å². The first-order valence-corrected chi connectivity index (χ1v) is 3.95. The molecule has 0 aliphatic carbocycles. The Hall–Kier alpha value is -0.410. The van der Waals surface area contributed by atoms with Gasteiger partial charge in [0.25, 0.3) is 0 Å². The second-order valence-corrected chi connectivity index (χ2v) is 3.13. The second-order valence-electron chi connectivity index (χ2n) is 3.13. The van der Waals surface area contributed by atoms with E-state index in [0.29, 0.717) is 12.8 Å². The van der Waals surface area contributed by atoms with Gasteiger partial charge in [-0.1, -0.05) is 6.92 Å². The fourth-order valence-corrected chi connectivity index (χ4v) is 0.953. The zero-order chi connectivity index (χ0) is 8.85. The predicted octanol–water partition coefficient (Wildman–Crippen LogP) is 0.310. The van der Waals surface area contributed by atoms with Crippen LogP contribution in [0.5, 0.6) is 0 Å². The van der Waals surface area contributed by atoms with E-state index in [4.69, 9.17) is 10.8 Å². The third-order valence-corrected chi connectivity index (χ3v) is 1.81.